The summed E-state index contributed by atoms with van der Waals surface area (Å²) < 4.78 is 13.5. The number of rotatable bonds is 2. The number of nitro groups is 1. The van der Waals surface area contributed by atoms with Crippen molar-refractivity contribution in [1.29, 1.82) is 0 Å². The van der Waals surface area contributed by atoms with Crippen LogP contribution in [0.3, 0.4) is 0 Å². The first-order valence-corrected chi connectivity index (χ1v) is 6.92. The molecule has 0 amide bonds. The summed E-state index contributed by atoms with van der Waals surface area (Å²) in [4.78, 5) is 15.4. The highest BCUT2D eigenvalue weighted by Gasteiger charge is 2.42. The average Bonchev–Trinajstić information content (AvgIpc) is 2.35. The Balaban J connectivity index is 2.51. The normalized spacial score (nSPS) is 22.0. The third-order valence-electron chi connectivity index (χ3n) is 3.39. The Bertz CT molecular complexity index is 615. The van der Waals surface area contributed by atoms with Crippen LogP contribution in [0.2, 0.25) is 5.02 Å². The van der Waals surface area contributed by atoms with Crippen molar-refractivity contribution in [2.45, 2.75) is 32.7 Å². The van der Waals surface area contributed by atoms with Crippen LogP contribution >= 0.6 is 11.6 Å². The Kier molecular flexibility index (Phi) is 4.14. The first-order valence-electron chi connectivity index (χ1n) is 6.54. The van der Waals surface area contributed by atoms with E-state index >= 15 is 0 Å². The fourth-order valence-corrected chi connectivity index (χ4v) is 2.73. The molecular formula is C15H16ClFN2O2. The molecule has 0 saturated carbocycles. The van der Waals surface area contributed by atoms with E-state index in [4.69, 9.17) is 11.6 Å². The Labute approximate surface area is 127 Å². The van der Waals surface area contributed by atoms with Gasteiger partial charge < -0.3 is 0 Å². The monoisotopic (exact) mass is 310 g/mol. The van der Waals surface area contributed by atoms with Crippen molar-refractivity contribution in [3.63, 3.8) is 0 Å². The number of halogens is 2. The van der Waals surface area contributed by atoms with E-state index in [-0.39, 0.29) is 9.95 Å². The van der Waals surface area contributed by atoms with E-state index in [1.54, 1.807) is 18.3 Å². The van der Waals surface area contributed by atoms with Crippen LogP contribution in [0.15, 0.2) is 35.5 Å². The number of hydrogen-bond acceptors (Lipinski definition) is 3. The molecule has 6 heteroatoms. The highest BCUT2D eigenvalue weighted by molar-refractivity contribution is 6.30. The minimum Gasteiger partial charge on any atom is -0.264 e. The van der Waals surface area contributed by atoms with Crippen molar-refractivity contribution >= 4 is 17.3 Å². The zero-order chi connectivity index (χ0) is 15.8. The molecule has 1 aromatic rings. The van der Waals surface area contributed by atoms with Crippen LogP contribution in [0.1, 0.15) is 32.3 Å². The molecule has 2 atom stereocenters. The van der Waals surface area contributed by atoms with Crippen molar-refractivity contribution < 1.29 is 9.31 Å². The predicted octanol–water partition coefficient (Wildman–Crippen LogP) is 4.22. The lowest BCUT2D eigenvalue weighted by atomic mass is 9.77. The predicted molar refractivity (Wildman–Crippen MR) is 81.0 cm³/mol. The molecule has 0 saturated heterocycles. The summed E-state index contributed by atoms with van der Waals surface area (Å²) >= 11 is 5.86. The lowest BCUT2D eigenvalue weighted by Gasteiger charge is -2.29. The highest BCUT2D eigenvalue weighted by atomic mass is 35.5. The second kappa shape index (κ2) is 5.56. The summed E-state index contributed by atoms with van der Waals surface area (Å²) in [7, 11) is 0. The number of hydrogen-bond donors (Lipinski definition) is 0. The standard InChI is InChI=1S/C15H16ClFN2O2/c1-15(2,3)14-13(19(20)21)12(4-5-18-14)9-6-10(16)8-11(17)7-9/h4-8,12-13H,1-3H3/t12-,13-/m0/s1. The smallest absolute Gasteiger partial charge is 0.261 e. The lowest BCUT2D eigenvalue weighted by molar-refractivity contribution is -0.506. The molecule has 0 bridgehead atoms. The first-order chi connectivity index (χ1) is 9.70. The molecule has 0 unspecified atom stereocenters. The maximum Gasteiger partial charge on any atom is 0.261 e. The van der Waals surface area contributed by atoms with Crippen molar-refractivity contribution in [2.75, 3.05) is 0 Å². The molecule has 1 aromatic carbocycles. The second-order valence-corrected chi connectivity index (χ2v) is 6.50. The SMILES string of the molecule is CC(C)(C)C1=NC=C[C@@H](c2cc(F)cc(Cl)c2)[C@@H]1[N+](=O)[O-]. The molecule has 0 N–H and O–H groups in total. The molecule has 1 heterocycles. The van der Waals surface area contributed by atoms with Crippen LogP contribution < -0.4 is 0 Å². The van der Waals surface area contributed by atoms with Gasteiger partial charge in [-0.1, -0.05) is 38.4 Å². The van der Waals surface area contributed by atoms with E-state index in [1.807, 2.05) is 20.8 Å². The van der Waals surface area contributed by atoms with Gasteiger partial charge in [0, 0.05) is 21.6 Å². The van der Waals surface area contributed by atoms with Crippen LogP contribution in [0.5, 0.6) is 0 Å². The molecule has 2 rings (SSSR count). The second-order valence-electron chi connectivity index (χ2n) is 6.06. The van der Waals surface area contributed by atoms with Crippen LogP contribution in [0.25, 0.3) is 0 Å². The maximum atomic E-state index is 13.5. The van der Waals surface area contributed by atoms with Gasteiger partial charge in [0.05, 0.1) is 11.6 Å². The minimum atomic E-state index is -1.02. The molecular weight excluding hydrogens is 295 g/mol. The number of nitrogens with zero attached hydrogens (tertiary/aromatic N) is 2. The third-order valence-corrected chi connectivity index (χ3v) is 3.61. The van der Waals surface area contributed by atoms with E-state index in [1.165, 1.54) is 12.1 Å². The molecule has 0 spiro atoms. The van der Waals surface area contributed by atoms with E-state index in [0.29, 0.717) is 11.3 Å². The van der Waals surface area contributed by atoms with Gasteiger partial charge in [0.25, 0.3) is 6.04 Å². The molecule has 0 fully saturated rings. The Morgan fingerprint density at radius 1 is 1.33 bits per heavy atom. The number of aliphatic imine (C=N–C) groups is 1. The van der Waals surface area contributed by atoms with E-state index in [9.17, 15) is 14.5 Å². The fraction of sp³-hybridized carbons (Fsp3) is 0.400. The van der Waals surface area contributed by atoms with Crippen molar-refractivity contribution in [3.05, 3.63) is 57.0 Å². The van der Waals surface area contributed by atoms with Gasteiger partial charge in [-0.15, -0.1) is 0 Å². The maximum absolute atomic E-state index is 13.5. The largest absolute Gasteiger partial charge is 0.264 e. The van der Waals surface area contributed by atoms with E-state index in [0.717, 1.165) is 0 Å². The Morgan fingerprint density at radius 3 is 2.52 bits per heavy atom. The van der Waals surface area contributed by atoms with E-state index < -0.39 is 23.2 Å². The van der Waals surface area contributed by atoms with E-state index in [2.05, 4.69) is 4.99 Å². The summed E-state index contributed by atoms with van der Waals surface area (Å²) in [5.74, 6) is -1.09. The van der Waals surface area contributed by atoms with Crippen LogP contribution in [0.4, 0.5) is 4.39 Å². The molecule has 21 heavy (non-hydrogen) atoms. The van der Waals surface area contributed by atoms with Crippen LogP contribution in [-0.2, 0) is 0 Å². The van der Waals surface area contributed by atoms with Gasteiger partial charge in [0.1, 0.15) is 5.82 Å². The summed E-state index contributed by atoms with van der Waals surface area (Å²) in [5.41, 5.74) is 0.507. The summed E-state index contributed by atoms with van der Waals surface area (Å²) in [6.07, 6.45) is 3.16. The zero-order valence-corrected chi connectivity index (χ0v) is 12.8. The van der Waals surface area contributed by atoms with Gasteiger partial charge in [0.15, 0.2) is 0 Å². The van der Waals surface area contributed by atoms with Gasteiger partial charge in [-0.2, -0.15) is 0 Å². The average molecular weight is 311 g/mol. The van der Waals surface area contributed by atoms with Crippen molar-refractivity contribution in [1.82, 2.24) is 0 Å². The van der Waals surface area contributed by atoms with Gasteiger partial charge in [-0.3, -0.25) is 15.1 Å². The first kappa shape index (κ1) is 15.6. The Hall–Kier alpha value is -1.75. The van der Waals surface area contributed by atoms with Crippen molar-refractivity contribution in [2.24, 2.45) is 10.4 Å². The summed E-state index contributed by atoms with van der Waals surface area (Å²) in [5, 5.41) is 11.8. The summed E-state index contributed by atoms with van der Waals surface area (Å²) in [6.45, 7) is 5.62. The molecule has 1 aliphatic rings. The van der Waals surface area contributed by atoms with Gasteiger partial charge >= 0.3 is 0 Å². The van der Waals surface area contributed by atoms with Crippen LogP contribution in [0, 0.1) is 21.3 Å². The van der Waals surface area contributed by atoms with Gasteiger partial charge in [0.2, 0.25) is 0 Å². The minimum absolute atomic E-state index is 0.223. The topological polar surface area (TPSA) is 55.5 Å². The molecule has 1 aliphatic heterocycles. The van der Waals surface area contributed by atoms with Crippen molar-refractivity contribution in [3.8, 4) is 0 Å². The van der Waals surface area contributed by atoms with Gasteiger partial charge in [-0.05, 0) is 23.8 Å². The number of benzene rings is 1. The quantitative estimate of drug-likeness (QED) is 0.606. The zero-order valence-electron chi connectivity index (χ0n) is 12.0. The van der Waals surface area contributed by atoms with Crippen LogP contribution in [-0.4, -0.2) is 16.7 Å². The highest BCUT2D eigenvalue weighted by Crippen LogP contribution is 2.34. The third kappa shape index (κ3) is 3.29. The van der Waals surface area contributed by atoms with Gasteiger partial charge in [-0.25, -0.2) is 4.39 Å². The summed E-state index contributed by atoms with van der Waals surface area (Å²) in [6, 6.07) is 3.00. The molecule has 112 valence electrons. The molecule has 4 nitrogen and oxygen atoms in total. The molecule has 0 aromatic heterocycles. The molecule has 0 aliphatic carbocycles. The lowest BCUT2D eigenvalue weighted by Crippen LogP contribution is -2.43. The molecule has 0 radical (unpaired) electrons. The fourth-order valence-electron chi connectivity index (χ4n) is 2.50. The Morgan fingerprint density at radius 2 is 2.00 bits per heavy atom.